The van der Waals surface area contributed by atoms with Crippen LogP contribution in [-0.4, -0.2) is 46.4 Å². The molecule has 1 aliphatic rings. The van der Waals surface area contributed by atoms with Crippen LogP contribution >= 0.6 is 0 Å². The molecule has 7 nitrogen and oxygen atoms in total. The molecule has 0 saturated carbocycles. The molecule has 1 fully saturated rings. The molecule has 0 unspecified atom stereocenters. The fraction of sp³-hybridized carbons (Fsp3) is 0.200. The van der Waals surface area contributed by atoms with Gasteiger partial charge in [-0.3, -0.25) is 9.97 Å². The van der Waals surface area contributed by atoms with Gasteiger partial charge in [0.2, 0.25) is 10.0 Å². The van der Waals surface area contributed by atoms with Gasteiger partial charge in [0.1, 0.15) is 12.4 Å². The lowest BCUT2D eigenvalue weighted by Gasteiger charge is -2.48. The first-order valence-corrected chi connectivity index (χ1v) is 12.2. The highest BCUT2D eigenvalue weighted by atomic mass is 32.2. The van der Waals surface area contributed by atoms with Crippen LogP contribution in [0.25, 0.3) is 33.4 Å². The van der Waals surface area contributed by atoms with Gasteiger partial charge in [-0.1, -0.05) is 36.9 Å². The van der Waals surface area contributed by atoms with E-state index in [0.29, 0.717) is 18.7 Å². The van der Waals surface area contributed by atoms with Crippen LogP contribution in [0.4, 0.5) is 0 Å². The second-order valence-electron chi connectivity index (χ2n) is 8.33. The highest BCUT2D eigenvalue weighted by Crippen LogP contribution is 2.41. The minimum atomic E-state index is -3.51. The van der Waals surface area contributed by atoms with Gasteiger partial charge < -0.3 is 9.72 Å². The summed E-state index contributed by atoms with van der Waals surface area (Å²) in [5.41, 5.74) is 4.88. The summed E-state index contributed by atoms with van der Waals surface area (Å²) in [7, 11) is -3.51. The number of hydrogen-bond acceptors (Lipinski definition) is 5. The average Bonchev–Trinajstić information content (AvgIpc) is 3.22. The van der Waals surface area contributed by atoms with Crippen LogP contribution in [0.15, 0.2) is 79.1 Å². The second-order valence-corrected chi connectivity index (χ2v) is 10.1. The van der Waals surface area contributed by atoms with Crippen molar-refractivity contribution in [3.8, 4) is 28.1 Å². The minimum absolute atomic E-state index is 0.206. The summed E-state index contributed by atoms with van der Waals surface area (Å²) in [6.45, 7) is 5.99. The third-order valence-electron chi connectivity index (χ3n) is 6.18. The quantitative estimate of drug-likeness (QED) is 0.435. The van der Waals surface area contributed by atoms with Crippen molar-refractivity contribution in [3.63, 3.8) is 0 Å². The molecule has 1 saturated heterocycles. The minimum Gasteiger partial charge on any atom is -0.489 e. The Labute approximate surface area is 192 Å². The van der Waals surface area contributed by atoms with E-state index in [1.165, 1.54) is 4.31 Å². The number of ether oxygens (including phenoxy) is 1. The maximum atomic E-state index is 12.3. The molecule has 1 N–H and O–H groups in total. The zero-order valence-corrected chi connectivity index (χ0v) is 19.0. The molecule has 0 aliphatic carbocycles. The van der Waals surface area contributed by atoms with Crippen molar-refractivity contribution >= 4 is 21.1 Å². The van der Waals surface area contributed by atoms with Gasteiger partial charge >= 0.3 is 0 Å². The lowest BCUT2D eigenvalue weighted by atomic mass is 9.91. The Morgan fingerprint density at radius 3 is 2.73 bits per heavy atom. The molecule has 0 bridgehead atoms. The SMILES string of the molecule is C=CS(=O)(=O)N1CC[C@@]1(C)COc1cnccc1-c1[nH]c2cccnc2c1-c1ccccc1. The molecule has 0 amide bonds. The monoisotopic (exact) mass is 460 g/mol. The number of H-pyrrole nitrogens is 1. The fourth-order valence-electron chi connectivity index (χ4n) is 4.30. The van der Waals surface area contributed by atoms with Crippen LogP contribution < -0.4 is 4.74 Å². The van der Waals surface area contributed by atoms with E-state index < -0.39 is 15.6 Å². The highest BCUT2D eigenvalue weighted by molar-refractivity contribution is 7.92. The molecule has 33 heavy (non-hydrogen) atoms. The van der Waals surface area contributed by atoms with Gasteiger partial charge in [-0.2, -0.15) is 4.31 Å². The van der Waals surface area contributed by atoms with Gasteiger partial charge in [0, 0.05) is 35.5 Å². The van der Waals surface area contributed by atoms with Crippen LogP contribution in [0, 0.1) is 0 Å². The first-order valence-electron chi connectivity index (χ1n) is 10.7. The lowest BCUT2D eigenvalue weighted by Crippen LogP contribution is -2.62. The number of sulfonamides is 1. The second kappa shape index (κ2) is 8.13. The predicted molar refractivity (Wildman–Crippen MR) is 129 cm³/mol. The molecule has 1 atom stereocenters. The Kier molecular flexibility index (Phi) is 5.26. The number of benzene rings is 1. The molecule has 1 aromatic carbocycles. The number of fused-ring (bicyclic) bond motifs is 1. The van der Waals surface area contributed by atoms with E-state index in [1.54, 1.807) is 18.6 Å². The number of aromatic nitrogens is 3. The van der Waals surface area contributed by atoms with Crippen LogP contribution in [0.2, 0.25) is 0 Å². The molecule has 3 aromatic heterocycles. The predicted octanol–water partition coefficient (Wildman–Crippen LogP) is 4.61. The standard InChI is InChI=1S/C25H24N4O3S/c1-3-33(30,31)29-15-12-25(29,2)17-32-21-16-26-14-11-19(21)23-22(18-8-5-4-6-9-18)24-20(28-23)10-7-13-27-24/h3-11,13-14,16,28H,1,12,15,17H2,2H3/t25-/m0/s1. The van der Waals surface area contributed by atoms with Crippen molar-refractivity contribution in [1.82, 2.24) is 19.3 Å². The molecule has 168 valence electrons. The fourth-order valence-corrected chi connectivity index (χ4v) is 5.58. The van der Waals surface area contributed by atoms with Gasteiger partial charge in [0.25, 0.3) is 0 Å². The third kappa shape index (κ3) is 3.71. The molecular formula is C25H24N4O3S. The summed E-state index contributed by atoms with van der Waals surface area (Å²) in [4.78, 5) is 12.4. The van der Waals surface area contributed by atoms with Crippen molar-refractivity contribution < 1.29 is 13.2 Å². The zero-order valence-electron chi connectivity index (χ0n) is 18.2. The topological polar surface area (TPSA) is 88.2 Å². The van der Waals surface area contributed by atoms with E-state index in [2.05, 4.69) is 33.7 Å². The van der Waals surface area contributed by atoms with E-state index in [1.807, 2.05) is 43.3 Å². The maximum absolute atomic E-state index is 12.3. The van der Waals surface area contributed by atoms with Gasteiger partial charge in [0.15, 0.2) is 0 Å². The van der Waals surface area contributed by atoms with E-state index in [4.69, 9.17) is 4.74 Å². The van der Waals surface area contributed by atoms with Crippen molar-refractivity contribution in [3.05, 3.63) is 79.1 Å². The number of rotatable bonds is 7. The molecular weight excluding hydrogens is 436 g/mol. The molecule has 0 spiro atoms. The first kappa shape index (κ1) is 21.4. The van der Waals surface area contributed by atoms with Crippen molar-refractivity contribution in [2.45, 2.75) is 18.9 Å². The summed E-state index contributed by atoms with van der Waals surface area (Å²) >= 11 is 0. The van der Waals surface area contributed by atoms with Crippen molar-refractivity contribution in [1.29, 1.82) is 0 Å². The van der Waals surface area contributed by atoms with Crippen LogP contribution in [-0.2, 0) is 10.0 Å². The van der Waals surface area contributed by atoms with Crippen LogP contribution in [0.1, 0.15) is 13.3 Å². The molecule has 0 radical (unpaired) electrons. The summed E-state index contributed by atoms with van der Waals surface area (Å²) in [5, 5.41) is 0.990. The van der Waals surface area contributed by atoms with Crippen molar-refractivity contribution in [2.75, 3.05) is 13.2 Å². The maximum Gasteiger partial charge on any atom is 0.236 e. The van der Waals surface area contributed by atoms with Crippen molar-refractivity contribution in [2.24, 2.45) is 0 Å². The largest absolute Gasteiger partial charge is 0.489 e. The van der Waals surface area contributed by atoms with Gasteiger partial charge in [-0.05, 0) is 37.1 Å². The number of aromatic amines is 1. The number of hydrogen-bond donors (Lipinski definition) is 1. The van der Waals surface area contributed by atoms with Gasteiger partial charge in [-0.15, -0.1) is 0 Å². The van der Waals surface area contributed by atoms with E-state index in [0.717, 1.165) is 38.8 Å². The molecule has 4 aromatic rings. The first-order chi connectivity index (χ1) is 15.9. The van der Waals surface area contributed by atoms with E-state index in [9.17, 15) is 8.42 Å². The Bertz CT molecular complexity index is 1430. The highest BCUT2D eigenvalue weighted by Gasteiger charge is 2.47. The van der Waals surface area contributed by atoms with E-state index in [-0.39, 0.29) is 6.61 Å². The van der Waals surface area contributed by atoms with Crippen LogP contribution in [0.5, 0.6) is 5.75 Å². The Morgan fingerprint density at radius 1 is 1.18 bits per heavy atom. The summed E-state index contributed by atoms with van der Waals surface area (Å²) in [6.07, 6.45) is 5.87. The molecule has 8 heteroatoms. The summed E-state index contributed by atoms with van der Waals surface area (Å²) in [5.74, 6) is 0.574. The molecule has 1 aliphatic heterocycles. The normalized spacial score (nSPS) is 18.7. The third-order valence-corrected chi connectivity index (χ3v) is 7.84. The smallest absolute Gasteiger partial charge is 0.236 e. The number of nitrogens with zero attached hydrogens (tertiary/aromatic N) is 3. The Hall–Kier alpha value is -3.49. The van der Waals surface area contributed by atoms with Gasteiger partial charge in [-0.25, -0.2) is 8.42 Å². The Morgan fingerprint density at radius 2 is 2.00 bits per heavy atom. The lowest BCUT2D eigenvalue weighted by molar-refractivity contribution is 0.0394. The average molecular weight is 461 g/mol. The number of pyridine rings is 2. The zero-order chi connectivity index (χ0) is 23.1. The summed E-state index contributed by atoms with van der Waals surface area (Å²) < 4.78 is 32.3. The van der Waals surface area contributed by atoms with Gasteiger partial charge in [0.05, 0.1) is 28.5 Å². The summed E-state index contributed by atoms with van der Waals surface area (Å²) in [6, 6.07) is 15.9. The van der Waals surface area contributed by atoms with Crippen LogP contribution in [0.3, 0.4) is 0 Å². The van der Waals surface area contributed by atoms with E-state index >= 15 is 0 Å². The number of nitrogens with one attached hydrogen (secondary N) is 1. The Balaban J connectivity index is 1.55. The molecule has 4 heterocycles. The molecule has 5 rings (SSSR count).